The molecule has 3 rings (SSSR count). The van der Waals surface area contributed by atoms with Gasteiger partial charge in [-0.1, -0.05) is 19.9 Å². The third-order valence-electron chi connectivity index (χ3n) is 5.32. The average molecular weight is 416 g/mol. The van der Waals surface area contributed by atoms with E-state index in [-0.39, 0.29) is 29.3 Å². The van der Waals surface area contributed by atoms with Crippen molar-refractivity contribution in [3.63, 3.8) is 0 Å². The van der Waals surface area contributed by atoms with Crippen LogP contribution >= 0.6 is 12.4 Å². The first-order valence-corrected chi connectivity index (χ1v) is 10.8. The zero-order valence-corrected chi connectivity index (χ0v) is 17.9. The molecule has 27 heavy (non-hydrogen) atoms. The molecule has 0 saturated carbocycles. The van der Waals surface area contributed by atoms with Crippen molar-refractivity contribution < 1.29 is 13.2 Å². The molecule has 0 radical (unpaired) electrons. The summed E-state index contributed by atoms with van der Waals surface area (Å²) in [5, 5.41) is 3.26. The smallest absolute Gasteiger partial charge is 0.254 e. The predicted molar refractivity (Wildman–Crippen MR) is 109 cm³/mol. The number of sulfonamides is 1. The number of benzene rings is 1. The third kappa shape index (κ3) is 4.83. The van der Waals surface area contributed by atoms with E-state index < -0.39 is 10.0 Å². The Morgan fingerprint density at radius 3 is 2.44 bits per heavy atom. The van der Waals surface area contributed by atoms with Crippen molar-refractivity contribution >= 4 is 28.3 Å². The van der Waals surface area contributed by atoms with Crippen LogP contribution < -0.4 is 5.32 Å². The second kappa shape index (κ2) is 8.90. The van der Waals surface area contributed by atoms with Gasteiger partial charge in [0.05, 0.1) is 4.90 Å². The SMILES string of the molecule is CC1CC(C)CN(S(=O)(=O)c2cccc(C(=O)N3CCNCC3C)c2)C1.Cl. The van der Waals surface area contributed by atoms with Crippen LogP contribution in [0.15, 0.2) is 29.2 Å². The molecule has 1 amide bonds. The number of amides is 1. The Morgan fingerprint density at radius 2 is 1.81 bits per heavy atom. The highest BCUT2D eigenvalue weighted by molar-refractivity contribution is 7.89. The van der Waals surface area contributed by atoms with Crippen molar-refractivity contribution in [2.24, 2.45) is 11.8 Å². The molecule has 2 aliphatic heterocycles. The Hall–Kier alpha value is -1.15. The molecule has 3 unspecified atom stereocenters. The average Bonchev–Trinajstić information content (AvgIpc) is 2.61. The maximum absolute atomic E-state index is 13.1. The van der Waals surface area contributed by atoms with Crippen LogP contribution in [-0.2, 0) is 10.0 Å². The van der Waals surface area contributed by atoms with Crippen LogP contribution in [0.4, 0.5) is 0 Å². The number of nitrogens with one attached hydrogen (secondary N) is 1. The molecule has 3 atom stereocenters. The first-order chi connectivity index (χ1) is 12.3. The summed E-state index contributed by atoms with van der Waals surface area (Å²) in [7, 11) is -3.58. The maximum atomic E-state index is 13.1. The maximum Gasteiger partial charge on any atom is 0.254 e. The van der Waals surface area contributed by atoms with Crippen molar-refractivity contribution in [1.82, 2.24) is 14.5 Å². The van der Waals surface area contributed by atoms with E-state index in [0.29, 0.717) is 37.0 Å². The van der Waals surface area contributed by atoms with E-state index in [1.54, 1.807) is 22.5 Å². The Bertz CT molecular complexity index is 761. The summed E-state index contributed by atoms with van der Waals surface area (Å²) in [6, 6.07) is 6.61. The van der Waals surface area contributed by atoms with Crippen molar-refractivity contribution in [3.05, 3.63) is 29.8 Å². The molecule has 0 spiro atoms. The van der Waals surface area contributed by atoms with Crippen LogP contribution in [-0.4, -0.2) is 62.3 Å². The lowest BCUT2D eigenvalue weighted by Crippen LogP contribution is -2.52. The summed E-state index contributed by atoms with van der Waals surface area (Å²) in [6.45, 7) is 9.41. The Balaban J connectivity index is 0.00000261. The van der Waals surface area contributed by atoms with Gasteiger partial charge in [0.25, 0.3) is 5.91 Å². The van der Waals surface area contributed by atoms with E-state index in [4.69, 9.17) is 0 Å². The highest BCUT2D eigenvalue weighted by Gasteiger charge is 2.32. The summed E-state index contributed by atoms with van der Waals surface area (Å²) in [5.74, 6) is 0.594. The van der Waals surface area contributed by atoms with E-state index in [0.717, 1.165) is 19.5 Å². The second-order valence-corrected chi connectivity index (χ2v) is 9.79. The molecule has 6 nitrogen and oxygen atoms in total. The molecule has 0 aromatic heterocycles. The lowest BCUT2D eigenvalue weighted by Gasteiger charge is -2.35. The van der Waals surface area contributed by atoms with Gasteiger partial charge >= 0.3 is 0 Å². The highest BCUT2D eigenvalue weighted by Crippen LogP contribution is 2.27. The van der Waals surface area contributed by atoms with Gasteiger partial charge in [0, 0.05) is 44.3 Å². The van der Waals surface area contributed by atoms with E-state index >= 15 is 0 Å². The fraction of sp³-hybridized carbons (Fsp3) is 0.632. The number of piperidine rings is 1. The van der Waals surface area contributed by atoms with Crippen molar-refractivity contribution in [2.75, 3.05) is 32.7 Å². The number of hydrogen-bond acceptors (Lipinski definition) is 4. The quantitative estimate of drug-likeness (QED) is 0.821. The monoisotopic (exact) mass is 415 g/mol. The summed E-state index contributed by atoms with van der Waals surface area (Å²) in [4.78, 5) is 14.9. The summed E-state index contributed by atoms with van der Waals surface area (Å²) >= 11 is 0. The Labute approximate surface area is 168 Å². The third-order valence-corrected chi connectivity index (χ3v) is 7.14. The molecule has 2 heterocycles. The highest BCUT2D eigenvalue weighted by atomic mass is 35.5. The molecule has 2 saturated heterocycles. The van der Waals surface area contributed by atoms with Crippen molar-refractivity contribution in [3.8, 4) is 0 Å². The fourth-order valence-electron chi connectivity index (χ4n) is 4.05. The first kappa shape index (κ1) is 22.1. The zero-order chi connectivity index (χ0) is 18.9. The number of nitrogens with zero attached hydrogens (tertiary/aromatic N) is 2. The number of piperazine rings is 1. The van der Waals surface area contributed by atoms with E-state index in [1.165, 1.54) is 6.07 Å². The van der Waals surface area contributed by atoms with Crippen LogP contribution in [0, 0.1) is 11.8 Å². The van der Waals surface area contributed by atoms with E-state index in [2.05, 4.69) is 19.2 Å². The number of halogens is 1. The Morgan fingerprint density at radius 1 is 1.15 bits per heavy atom. The summed E-state index contributed by atoms with van der Waals surface area (Å²) in [5.41, 5.74) is 0.443. The van der Waals surface area contributed by atoms with E-state index in [1.807, 2.05) is 11.8 Å². The van der Waals surface area contributed by atoms with Gasteiger partial charge in [-0.25, -0.2) is 8.42 Å². The minimum absolute atomic E-state index is 0. The number of rotatable bonds is 3. The number of hydrogen-bond donors (Lipinski definition) is 1. The summed E-state index contributed by atoms with van der Waals surface area (Å²) < 4.78 is 27.7. The van der Waals surface area contributed by atoms with Crippen LogP contribution in [0.3, 0.4) is 0 Å². The molecule has 2 aliphatic rings. The van der Waals surface area contributed by atoms with E-state index in [9.17, 15) is 13.2 Å². The molecule has 0 aliphatic carbocycles. The van der Waals surface area contributed by atoms with Gasteiger partial charge in [0.1, 0.15) is 0 Å². The topological polar surface area (TPSA) is 69.7 Å². The molecule has 0 bridgehead atoms. The molecular formula is C19H30ClN3O3S. The molecule has 152 valence electrons. The standard InChI is InChI=1S/C19H29N3O3S.ClH/c1-14-9-15(2)13-21(12-14)26(24,25)18-6-4-5-17(10-18)19(23)22-8-7-20-11-16(22)3;/h4-6,10,14-16,20H,7-9,11-13H2,1-3H3;1H. The van der Waals surface area contributed by atoms with Gasteiger partial charge in [0.15, 0.2) is 0 Å². The fourth-order valence-corrected chi connectivity index (χ4v) is 5.78. The molecule has 8 heteroatoms. The van der Waals surface area contributed by atoms with Crippen LogP contribution in [0.2, 0.25) is 0 Å². The molecule has 1 aromatic carbocycles. The van der Waals surface area contributed by atoms with Gasteiger partial charge in [-0.05, 0) is 43.4 Å². The Kier molecular flexibility index (Phi) is 7.30. The molecule has 2 fully saturated rings. The van der Waals surface area contributed by atoms with Crippen molar-refractivity contribution in [2.45, 2.75) is 38.1 Å². The normalized spacial score (nSPS) is 27.1. The van der Waals surface area contributed by atoms with Crippen LogP contribution in [0.1, 0.15) is 37.6 Å². The van der Waals surface area contributed by atoms with Gasteiger partial charge in [-0.15, -0.1) is 12.4 Å². The van der Waals surface area contributed by atoms with Crippen LogP contribution in [0.25, 0.3) is 0 Å². The second-order valence-electron chi connectivity index (χ2n) is 7.85. The predicted octanol–water partition coefficient (Wildman–Crippen LogP) is 2.21. The van der Waals surface area contributed by atoms with Crippen LogP contribution in [0.5, 0.6) is 0 Å². The lowest BCUT2D eigenvalue weighted by molar-refractivity contribution is 0.0655. The van der Waals surface area contributed by atoms with Gasteiger partial charge < -0.3 is 10.2 Å². The van der Waals surface area contributed by atoms with Gasteiger partial charge in [-0.3, -0.25) is 4.79 Å². The minimum Gasteiger partial charge on any atom is -0.333 e. The largest absolute Gasteiger partial charge is 0.333 e. The number of carbonyl (C=O) groups excluding carboxylic acids is 1. The lowest BCUT2D eigenvalue weighted by atomic mass is 9.94. The van der Waals surface area contributed by atoms with Crippen molar-refractivity contribution in [1.29, 1.82) is 0 Å². The number of carbonyl (C=O) groups is 1. The first-order valence-electron chi connectivity index (χ1n) is 9.41. The minimum atomic E-state index is -3.58. The molecule has 1 aromatic rings. The summed E-state index contributed by atoms with van der Waals surface area (Å²) in [6.07, 6.45) is 1.05. The molecule has 1 N–H and O–H groups in total. The zero-order valence-electron chi connectivity index (χ0n) is 16.2. The van der Waals surface area contributed by atoms with Gasteiger partial charge in [0.2, 0.25) is 10.0 Å². The van der Waals surface area contributed by atoms with Gasteiger partial charge in [-0.2, -0.15) is 4.31 Å². The molecular weight excluding hydrogens is 386 g/mol.